The van der Waals surface area contributed by atoms with Gasteiger partial charge in [-0.05, 0) is 56.2 Å². The van der Waals surface area contributed by atoms with Crippen LogP contribution in [-0.4, -0.2) is 81.2 Å². The molecule has 1 aromatic heterocycles. The predicted octanol–water partition coefficient (Wildman–Crippen LogP) is 2.39. The maximum atomic E-state index is 13.5. The molecule has 5 rings (SSSR count). The second-order valence-electron chi connectivity index (χ2n) is 9.66. The van der Waals surface area contributed by atoms with Gasteiger partial charge in [0.15, 0.2) is 10.5 Å². The predicted molar refractivity (Wildman–Crippen MR) is 128 cm³/mol. The van der Waals surface area contributed by atoms with Gasteiger partial charge in [-0.15, -0.1) is 0 Å². The molecule has 1 saturated heterocycles. The monoisotopic (exact) mass is 487 g/mol. The molecular weight excluding hydrogens is 457 g/mol. The lowest BCUT2D eigenvalue weighted by atomic mass is 10.1. The van der Waals surface area contributed by atoms with Gasteiger partial charge < -0.3 is 24.4 Å². The van der Waals surface area contributed by atoms with Crippen LogP contribution in [0.4, 0.5) is 4.39 Å². The standard InChI is InChI=1S/C24H30FN5O3S/c1-26-10-12-27(13-11-26)9-8-19-15-28(14-16-2-4-17(25)5-3-16)22(32)20-21(31)23(33)30(18-6-7-18)24(34)29(19)20/h2-5,18-19,31H,6-15H2,1H3. The number of likely N-dealkylation sites (N-methyl/N-ethyl adjacent to an activating group) is 1. The van der Waals surface area contributed by atoms with Gasteiger partial charge in [-0.2, -0.15) is 0 Å². The Hall–Kier alpha value is -2.56. The normalized spacial score (nSPS) is 21.6. The molecule has 3 aliphatic rings. The molecular formula is C24H30FN5O3S. The molecule has 8 nitrogen and oxygen atoms in total. The van der Waals surface area contributed by atoms with Crippen molar-refractivity contribution in [3.63, 3.8) is 0 Å². The summed E-state index contributed by atoms with van der Waals surface area (Å²) in [6, 6.07) is 5.85. The number of halogens is 1. The van der Waals surface area contributed by atoms with Crippen LogP contribution in [0.1, 0.15) is 47.4 Å². The van der Waals surface area contributed by atoms with Crippen LogP contribution in [0.25, 0.3) is 0 Å². The second kappa shape index (κ2) is 9.24. The van der Waals surface area contributed by atoms with Crippen molar-refractivity contribution >= 4 is 18.1 Å². The Labute approximate surface area is 202 Å². The third-order valence-corrected chi connectivity index (χ3v) is 7.55. The van der Waals surface area contributed by atoms with Gasteiger partial charge in [0.1, 0.15) is 5.82 Å². The summed E-state index contributed by atoms with van der Waals surface area (Å²) in [4.78, 5) is 32.7. The molecule has 1 amide bonds. The van der Waals surface area contributed by atoms with Gasteiger partial charge in [0, 0.05) is 51.9 Å². The van der Waals surface area contributed by atoms with Crippen molar-refractivity contribution in [3.05, 3.63) is 56.5 Å². The summed E-state index contributed by atoms with van der Waals surface area (Å²) >= 11 is 5.72. The van der Waals surface area contributed by atoms with Crippen LogP contribution in [0.5, 0.6) is 5.75 Å². The Morgan fingerprint density at radius 2 is 1.74 bits per heavy atom. The number of carbonyl (C=O) groups excluding carboxylic acids is 1. The molecule has 0 spiro atoms. The van der Waals surface area contributed by atoms with E-state index < -0.39 is 17.2 Å². The highest BCUT2D eigenvalue weighted by atomic mass is 32.1. The van der Waals surface area contributed by atoms with Gasteiger partial charge in [0.25, 0.3) is 11.5 Å². The third kappa shape index (κ3) is 4.42. The van der Waals surface area contributed by atoms with E-state index in [0.717, 1.165) is 57.5 Å². The smallest absolute Gasteiger partial charge is 0.297 e. The number of aromatic nitrogens is 2. The van der Waals surface area contributed by atoms with E-state index in [9.17, 15) is 19.1 Å². The molecule has 3 heterocycles. The number of benzene rings is 1. The first-order valence-electron chi connectivity index (χ1n) is 11.9. The Balaban J connectivity index is 1.49. The zero-order valence-electron chi connectivity index (χ0n) is 19.3. The SMILES string of the molecule is CN1CCN(CCC2CN(Cc3ccc(F)cc3)C(=O)c3c(O)c(=O)n(C4CC4)c(=S)n32)CC1. The van der Waals surface area contributed by atoms with Crippen molar-refractivity contribution in [2.45, 2.75) is 37.9 Å². The number of carbonyl (C=O) groups is 1. The van der Waals surface area contributed by atoms with Gasteiger partial charge in [0.05, 0.1) is 6.04 Å². The fourth-order valence-corrected chi connectivity index (χ4v) is 5.44. The number of hydrogen-bond acceptors (Lipinski definition) is 6. The number of rotatable bonds is 6. The molecule has 1 saturated carbocycles. The van der Waals surface area contributed by atoms with Crippen molar-refractivity contribution in [2.75, 3.05) is 46.3 Å². The Morgan fingerprint density at radius 1 is 1.06 bits per heavy atom. The number of piperazine rings is 1. The molecule has 1 atom stereocenters. The molecule has 0 radical (unpaired) electrons. The summed E-state index contributed by atoms with van der Waals surface area (Å²) in [5, 5.41) is 10.9. The lowest BCUT2D eigenvalue weighted by Crippen LogP contribution is -2.48. The second-order valence-corrected chi connectivity index (χ2v) is 10.0. The number of aromatic hydroxyl groups is 1. The maximum Gasteiger partial charge on any atom is 0.297 e. The topological polar surface area (TPSA) is 74.0 Å². The van der Waals surface area contributed by atoms with E-state index in [0.29, 0.717) is 11.3 Å². The Morgan fingerprint density at radius 3 is 2.38 bits per heavy atom. The largest absolute Gasteiger partial charge is 0.501 e. The van der Waals surface area contributed by atoms with Crippen LogP contribution in [0.15, 0.2) is 29.1 Å². The number of hydrogen-bond donors (Lipinski definition) is 1. The molecule has 182 valence electrons. The van der Waals surface area contributed by atoms with Crippen LogP contribution in [0.3, 0.4) is 0 Å². The summed E-state index contributed by atoms with van der Waals surface area (Å²) in [6.07, 6.45) is 2.43. The van der Waals surface area contributed by atoms with E-state index in [2.05, 4.69) is 16.8 Å². The average Bonchev–Trinajstić information content (AvgIpc) is 3.65. The fourth-order valence-electron chi connectivity index (χ4n) is 4.96. The van der Waals surface area contributed by atoms with Gasteiger partial charge in [-0.3, -0.25) is 14.2 Å². The van der Waals surface area contributed by atoms with Crippen molar-refractivity contribution in [3.8, 4) is 5.75 Å². The zero-order chi connectivity index (χ0) is 24.0. The lowest BCUT2D eigenvalue weighted by Gasteiger charge is -2.38. The first kappa shape index (κ1) is 23.2. The minimum absolute atomic E-state index is 0.00525. The molecule has 1 unspecified atom stereocenters. The molecule has 2 fully saturated rings. The van der Waals surface area contributed by atoms with Gasteiger partial charge in [-0.25, -0.2) is 4.39 Å². The summed E-state index contributed by atoms with van der Waals surface area (Å²) in [6.45, 7) is 5.49. The first-order chi connectivity index (χ1) is 16.3. The van der Waals surface area contributed by atoms with Gasteiger partial charge >= 0.3 is 0 Å². The van der Waals surface area contributed by atoms with Crippen molar-refractivity contribution in [2.24, 2.45) is 0 Å². The lowest BCUT2D eigenvalue weighted by molar-refractivity contribution is 0.0618. The summed E-state index contributed by atoms with van der Waals surface area (Å²) in [5.41, 5.74) is 0.169. The van der Waals surface area contributed by atoms with Crippen molar-refractivity contribution in [1.82, 2.24) is 23.8 Å². The highest BCUT2D eigenvalue weighted by Gasteiger charge is 2.38. The van der Waals surface area contributed by atoms with E-state index in [1.165, 1.54) is 16.7 Å². The molecule has 2 aliphatic heterocycles. The van der Waals surface area contributed by atoms with Gasteiger partial charge in [0.2, 0.25) is 5.75 Å². The van der Waals surface area contributed by atoms with E-state index in [-0.39, 0.29) is 30.1 Å². The third-order valence-electron chi connectivity index (χ3n) is 7.16. The van der Waals surface area contributed by atoms with Crippen molar-refractivity contribution < 1.29 is 14.3 Å². The molecule has 10 heteroatoms. The number of fused-ring (bicyclic) bond motifs is 1. The molecule has 34 heavy (non-hydrogen) atoms. The highest BCUT2D eigenvalue weighted by molar-refractivity contribution is 7.71. The summed E-state index contributed by atoms with van der Waals surface area (Å²) < 4.78 is 16.9. The Kier molecular flexibility index (Phi) is 6.30. The fraction of sp³-hybridized carbons (Fsp3) is 0.542. The Bertz CT molecular complexity index is 1200. The summed E-state index contributed by atoms with van der Waals surface area (Å²) in [7, 11) is 2.12. The number of amides is 1. The maximum absolute atomic E-state index is 13.5. The van der Waals surface area contributed by atoms with Crippen LogP contribution in [0.2, 0.25) is 0 Å². The van der Waals surface area contributed by atoms with Crippen LogP contribution < -0.4 is 5.56 Å². The van der Waals surface area contributed by atoms with Crippen LogP contribution in [-0.2, 0) is 6.54 Å². The molecule has 1 aromatic carbocycles. The highest BCUT2D eigenvalue weighted by Crippen LogP contribution is 2.37. The first-order valence-corrected chi connectivity index (χ1v) is 12.3. The molecule has 0 bridgehead atoms. The van der Waals surface area contributed by atoms with Crippen LogP contribution >= 0.6 is 12.2 Å². The van der Waals surface area contributed by atoms with E-state index in [1.54, 1.807) is 21.6 Å². The minimum atomic E-state index is -0.589. The zero-order valence-corrected chi connectivity index (χ0v) is 20.1. The average molecular weight is 488 g/mol. The van der Waals surface area contributed by atoms with Crippen LogP contribution in [0, 0.1) is 10.6 Å². The van der Waals surface area contributed by atoms with E-state index >= 15 is 0 Å². The molecule has 1 aliphatic carbocycles. The summed E-state index contributed by atoms with van der Waals surface area (Å²) in [5.74, 6) is -1.29. The quantitative estimate of drug-likeness (QED) is 0.631. The van der Waals surface area contributed by atoms with Crippen molar-refractivity contribution in [1.29, 1.82) is 0 Å². The number of nitrogens with zero attached hydrogens (tertiary/aromatic N) is 5. The van der Waals surface area contributed by atoms with E-state index in [1.807, 2.05) is 0 Å². The van der Waals surface area contributed by atoms with Gasteiger partial charge in [-0.1, -0.05) is 12.1 Å². The molecule has 1 N–H and O–H groups in total. The van der Waals surface area contributed by atoms with E-state index in [4.69, 9.17) is 12.2 Å². The minimum Gasteiger partial charge on any atom is -0.501 e. The molecule has 2 aromatic rings.